The van der Waals surface area contributed by atoms with Gasteiger partial charge in [-0.15, -0.1) is 0 Å². The first-order valence-corrected chi connectivity index (χ1v) is 10.9. The maximum atomic E-state index is 13.7. The fraction of sp³-hybridized carbons (Fsp3) is 0.0417. The van der Waals surface area contributed by atoms with Crippen LogP contribution in [0.4, 0.5) is 23.2 Å². The Morgan fingerprint density at radius 1 is 0.941 bits per heavy atom. The van der Waals surface area contributed by atoms with Crippen LogP contribution in [0.25, 0.3) is 0 Å². The maximum Gasteiger partial charge on any atom is 0.291 e. The normalized spacial score (nSPS) is 10.9. The number of para-hydroxylation sites is 1. The number of ether oxygens (including phenoxy) is 1. The topological polar surface area (TPSA) is 51.5 Å². The molecule has 0 aliphatic rings. The summed E-state index contributed by atoms with van der Waals surface area (Å²) in [5, 5.41) is 3.35. The molecule has 4 rings (SSSR count). The second-order valence-electron chi connectivity index (χ2n) is 6.86. The molecule has 1 N–H and O–H groups in total. The van der Waals surface area contributed by atoms with Gasteiger partial charge in [0.25, 0.3) is 5.91 Å². The fourth-order valence-corrected chi connectivity index (χ4v) is 3.90. The molecule has 0 atom stereocenters. The molecule has 1 heterocycles. The standard InChI is InChI=1S/C24H14ClF4NO3S/c25-13-5-8-15(9-6-13)34-20-4-2-1-3-18(20)30-24(31)19-10-7-14(33-19)12-32-23-21(28)16(26)11-17(27)22(23)29/h1-11H,12H2,(H,30,31). The van der Waals surface area contributed by atoms with Crippen molar-refractivity contribution in [2.24, 2.45) is 0 Å². The van der Waals surface area contributed by atoms with Gasteiger partial charge in [-0.05, 0) is 48.5 Å². The number of hydrogen-bond donors (Lipinski definition) is 1. The molecule has 34 heavy (non-hydrogen) atoms. The highest BCUT2D eigenvalue weighted by Gasteiger charge is 2.21. The molecule has 0 bridgehead atoms. The van der Waals surface area contributed by atoms with Gasteiger partial charge in [0.2, 0.25) is 11.6 Å². The van der Waals surface area contributed by atoms with E-state index in [0.717, 1.165) is 9.79 Å². The molecule has 3 aromatic carbocycles. The highest BCUT2D eigenvalue weighted by Crippen LogP contribution is 2.34. The van der Waals surface area contributed by atoms with Crippen LogP contribution in [-0.4, -0.2) is 5.91 Å². The molecule has 0 unspecified atom stereocenters. The fourth-order valence-electron chi connectivity index (χ4n) is 2.87. The summed E-state index contributed by atoms with van der Waals surface area (Å²) >= 11 is 7.33. The van der Waals surface area contributed by atoms with Gasteiger partial charge in [-0.1, -0.05) is 35.5 Å². The van der Waals surface area contributed by atoms with Crippen molar-refractivity contribution in [3.8, 4) is 5.75 Å². The van der Waals surface area contributed by atoms with E-state index in [1.807, 2.05) is 24.3 Å². The Morgan fingerprint density at radius 3 is 2.32 bits per heavy atom. The molecule has 1 amide bonds. The summed E-state index contributed by atoms with van der Waals surface area (Å²) < 4.78 is 64.3. The molecule has 0 spiro atoms. The van der Waals surface area contributed by atoms with E-state index in [2.05, 4.69) is 5.32 Å². The number of anilines is 1. The molecular weight excluding hydrogens is 494 g/mol. The molecule has 0 saturated carbocycles. The molecule has 4 nitrogen and oxygen atoms in total. The number of carbonyl (C=O) groups is 1. The molecule has 0 aliphatic carbocycles. The lowest BCUT2D eigenvalue weighted by Crippen LogP contribution is -2.11. The summed E-state index contributed by atoms with van der Waals surface area (Å²) in [5.41, 5.74) is 0.529. The Bertz CT molecular complexity index is 1320. The number of halogens is 5. The minimum absolute atomic E-state index is 0.0115. The Kier molecular flexibility index (Phi) is 7.14. The summed E-state index contributed by atoms with van der Waals surface area (Å²) in [6.45, 7) is -0.562. The van der Waals surface area contributed by atoms with E-state index in [9.17, 15) is 22.4 Å². The zero-order chi connectivity index (χ0) is 24.2. The van der Waals surface area contributed by atoms with Gasteiger partial charge in [0, 0.05) is 20.9 Å². The number of rotatable bonds is 7. The van der Waals surface area contributed by atoms with E-state index in [0.29, 0.717) is 10.7 Å². The van der Waals surface area contributed by atoms with Crippen molar-refractivity contribution in [3.63, 3.8) is 0 Å². The van der Waals surface area contributed by atoms with Crippen molar-refractivity contribution < 1.29 is 31.5 Å². The van der Waals surface area contributed by atoms with Crippen molar-refractivity contribution in [3.05, 3.63) is 107 Å². The van der Waals surface area contributed by atoms with E-state index in [1.165, 1.54) is 23.9 Å². The number of amides is 1. The average Bonchev–Trinajstić information content (AvgIpc) is 3.30. The van der Waals surface area contributed by atoms with Gasteiger partial charge < -0.3 is 14.5 Å². The van der Waals surface area contributed by atoms with E-state index < -0.39 is 41.5 Å². The molecule has 0 aliphatic heterocycles. The maximum absolute atomic E-state index is 13.7. The third-order valence-electron chi connectivity index (χ3n) is 4.49. The van der Waals surface area contributed by atoms with E-state index >= 15 is 0 Å². The van der Waals surface area contributed by atoms with Crippen molar-refractivity contribution >= 4 is 35.0 Å². The largest absolute Gasteiger partial charge is 0.479 e. The van der Waals surface area contributed by atoms with Crippen molar-refractivity contribution in [2.75, 3.05) is 5.32 Å². The Hall–Kier alpha value is -3.43. The third kappa shape index (κ3) is 5.37. The lowest BCUT2D eigenvalue weighted by atomic mass is 10.3. The predicted octanol–water partition coefficient (Wildman–Crippen LogP) is 7.47. The molecule has 0 saturated heterocycles. The first kappa shape index (κ1) is 23.7. The van der Waals surface area contributed by atoms with Gasteiger partial charge in [-0.25, -0.2) is 8.78 Å². The van der Waals surface area contributed by atoms with Crippen LogP contribution < -0.4 is 10.1 Å². The van der Waals surface area contributed by atoms with Crippen LogP contribution in [0.3, 0.4) is 0 Å². The van der Waals surface area contributed by atoms with Crippen LogP contribution in [0.15, 0.2) is 80.9 Å². The van der Waals surface area contributed by atoms with Crippen LogP contribution in [0.1, 0.15) is 16.3 Å². The molecular formula is C24H14ClF4NO3S. The number of hydrogen-bond acceptors (Lipinski definition) is 4. The Balaban J connectivity index is 1.44. The van der Waals surface area contributed by atoms with Crippen LogP contribution in [0, 0.1) is 23.3 Å². The van der Waals surface area contributed by atoms with E-state index in [-0.39, 0.29) is 17.6 Å². The number of furan rings is 1. The smallest absolute Gasteiger partial charge is 0.291 e. The predicted molar refractivity (Wildman–Crippen MR) is 119 cm³/mol. The highest BCUT2D eigenvalue weighted by atomic mass is 35.5. The zero-order valence-corrected chi connectivity index (χ0v) is 18.7. The Labute approximate surface area is 200 Å². The lowest BCUT2D eigenvalue weighted by molar-refractivity contribution is 0.0992. The number of carbonyl (C=O) groups excluding carboxylic acids is 1. The quantitative estimate of drug-likeness (QED) is 0.208. The van der Waals surface area contributed by atoms with Gasteiger partial charge in [0.15, 0.2) is 23.1 Å². The first-order valence-electron chi connectivity index (χ1n) is 9.70. The SMILES string of the molecule is O=C(Nc1ccccc1Sc1ccc(Cl)cc1)c1ccc(COc2c(F)c(F)cc(F)c2F)o1. The summed E-state index contributed by atoms with van der Waals surface area (Å²) in [7, 11) is 0. The Morgan fingerprint density at radius 2 is 1.62 bits per heavy atom. The number of benzene rings is 3. The minimum Gasteiger partial charge on any atom is -0.479 e. The number of nitrogens with one attached hydrogen (secondary N) is 1. The first-order chi connectivity index (χ1) is 16.3. The second kappa shape index (κ2) is 10.2. The van der Waals surface area contributed by atoms with Crippen LogP contribution in [0.5, 0.6) is 5.75 Å². The van der Waals surface area contributed by atoms with Crippen molar-refractivity contribution in [2.45, 2.75) is 16.4 Å². The minimum atomic E-state index is -1.67. The van der Waals surface area contributed by atoms with Gasteiger partial charge >= 0.3 is 0 Å². The second-order valence-corrected chi connectivity index (χ2v) is 8.41. The molecule has 174 valence electrons. The monoisotopic (exact) mass is 507 g/mol. The molecule has 1 aromatic heterocycles. The third-order valence-corrected chi connectivity index (χ3v) is 5.83. The lowest BCUT2D eigenvalue weighted by Gasteiger charge is -2.10. The van der Waals surface area contributed by atoms with E-state index in [4.69, 9.17) is 20.8 Å². The molecule has 0 radical (unpaired) electrons. The molecule has 4 aromatic rings. The highest BCUT2D eigenvalue weighted by molar-refractivity contribution is 7.99. The summed E-state index contributed by atoms with van der Waals surface area (Å²) in [4.78, 5) is 14.3. The molecule has 10 heteroatoms. The summed E-state index contributed by atoms with van der Waals surface area (Å²) in [5.74, 6) is -8.41. The van der Waals surface area contributed by atoms with Gasteiger partial charge in [-0.2, -0.15) is 8.78 Å². The van der Waals surface area contributed by atoms with Crippen molar-refractivity contribution in [1.82, 2.24) is 0 Å². The van der Waals surface area contributed by atoms with Crippen LogP contribution >= 0.6 is 23.4 Å². The molecule has 0 fully saturated rings. The van der Waals surface area contributed by atoms with Crippen LogP contribution in [0.2, 0.25) is 5.02 Å². The van der Waals surface area contributed by atoms with Crippen LogP contribution in [-0.2, 0) is 6.61 Å². The van der Waals surface area contributed by atoms with Gasteiger partial charge in [0.05, 0.1) is 5.69 Å². The van der Waals surface area contributed by atoms with Gasteiger partial charge in [-0.3, -0.25) is 4.79 Å². The van der Waals surface area contributed by atoms with Crippen molar-refractivity contribution in [1.29, 1.82) is 0 Å². The summed E-state index contributed by atoms with van der Waals surface area (Å²) in [6.07, 6.45) is 0. The van der Waals surface area contributed by atoms with Gasteiger partial charge in [0.1, 0.15) is 12.4 Å². The summed E-state index contributed by atoms with van der Waals surface area (Å²) in [6, 6.07) is 17.1. The van der Waals surface area contributed by atoms with E-state index in [1.54, 1.807) is 24.3 Å². The zero-order valence-electron chi connectivity index (χ0n) is 17.1. The average molecular weight is 508 g/mol.